The maximum atomic E-state index is 11.8. The van der Waals surface area contributed by atoms with Crippen LogP contribution in [0.1, 0.15) is 45.4 Å². The number of hydrogen-bond acceptors (Lipinski definition) is 3. The van der Waals surface area contributed by atoms with Crippen LogP contribution in [0.4, 0.5) is 0 Å². The summed E-state index contributed by atoms with van der Waals surface area (Å²) in [5.74, 6) is 1.24. The van der Waals surface area contributed by atoms with Gasteiger partial charge in [0.2, 0.25) is 5.91 Å². The van der Waals surface area contributed by atoms with E-state index in [1.165, 1.54) is 43.9 Å². The number of carbonyl (C=O) groups is 2. The van der Waals surface area contributed by atoms with E-state index >= 15 is 0 Å². The van der Waals surface area contributed by atoms with Gasteiger partial charge < -0.3 is 10.4 Å². The second kappa shape index (κ2) is 9.23. The largest absolute Gasteiger partial charge is 0.481 e. The van der Waals surface area contributed by atoms with Gasteiger partial charge in [-0.1, -0.05) is 39.0 Å². The molecule has 2 N–H and O–H groups in total. The van der Waals surface area contributed by atoms with Crippen LogP contribution in [0.3, 0.4) is 0 Å². The van der Waals surface area contributed by atoms with Crippen molar-refractivity contribution in [3.8, 4) is 0 Å². The molecule has 0 aromatic heterocycles. The number of rotatable bonds is 8. The number of carboxylic acids is 1. The highest BCUT2D eigenvalue weighted by Crippen LogP contribution is 2.31. The smallest absolute Gasteiger partial charge is 0.313 e. The summed E-state index contributed by atoms with van der Waals surface area (Å²) in [6, 6.07) is 0. The molecule has 1 saturated carbocycles. The highest BCUT2D eigenvalue weighted by Gasteiger charge is 2.21. The lowest BCUT2D eigenvalue weighted by Crippen LogP contribution is -2.29. The van der Waals surface area contributed by atoms with E-state index in [1.54, 1.807) is 0 Å². The fraction of sp³-hybridized carbons (Fsp3) is 0.857. The summed E-state index contributed by atoms with van der Waals surface area (Å²) in [6.45, 7) is 2.74. The molecular weight excluding hydrogens is 262 g/mol. The van der Waals surface area contributed by atoms with Gasteiger partial charge in [0, 0.05) is 18.7 Å². The van der Waals surface area contributed by atoms with E-state index in [0.717, 1.165) is 0 Å². The van der Waals surface area contributed by atoms with Crippen molar-refractivity contribution in [3.63, 3.8) is 0 Å². The van der Waals surface area contributed by atoms with Crippen molar-refractivity contribution in [2.75, 3.05) is 18.1 Å². The first kappa shape index (κ1) is 16.3. The molecule has 0 saturated heterocycles. The minimum atomic E-state index is -0.803. The number of carboxylic acid groups (broad SMARTS) is 1. The van der Waals surface area contributed by atoms with E-state index in [4.69, 9.17) is 5.11 Å². The molecule has 110 valence electrons. The Kier molecular flexibility index (Phi) is 7.94. The standard InChI is InChI=1S/C14H25NO3S/c1-11(12-5-3-2-4-6-12)9-13(16)15-7-8-19-10-14(17)18/h11-12H,2-10H2,1H3,(H,15,16)(H,17,18). The van der Waals surface area contributed by atoms with E-state index in [1.807, 2.05) is 0 Å². The summed E-state index contributed by atoms with van der Waals surface area (Å²) < 4.78 is 0. The van der Waals surface area contributed by atoms with Crippen LogP contribution in [-0.2, 0) is 9.59 Å². The van der Waals surface area contributed by atoms with Crippen molar-refractivity contribution in [1.82, 2.24) is 5.32 Å². The molecule has 5 heteroatoms. The highest BCUT2D eigenvalue weighted by molar-refractivity contribution is 7.99. The first-order chi connectivity index (χ1) is 9.09. The van der Waals surface area contributed by atoms with Crippen LogP contribution in [0.5, 0.6) is 0 Å². The molecular formula is C14H25NO3S. The van der Waals surface area contributed by atoms with Crippen LogP contribution in [0.2, 0.25) is 0 Å². The van der Waals surface area contributed by atoms with Gasteiger partial charge in [-0.05, 0) is 11.8 Å². The summed E-state index contributed by atoms with van der Waals surface area (Å²) >= 11 is 1.34. The van der Waals surface area contributed by atoms with E-state index in [2.05, 4.69) is 12.2 Å². The molecule has 0 radical (unpaired) electrons. The highest BCUT2D eigenvalue weighted by atomic mass is 32.2. The van der Waals surface area contributed by atoms with Crippen LogP contribution < -0.4 is 5.32 Å². The van der Waals surface area contributed by atoms with E-state index < -0.39 is 5.97 Å². The van der Waals surface area contributed by atoms with E-state index in [0.29, 0.717) is 30.6 Å². The van der Waals surface area contributed by atoms with Gasteiger partial charge in [0.1, 0.15) is 0 Å². The lowest BCUT2D eigenvalue weighted by Gasteiger charge is -2.27. The molecule has 1 aliphatic rings. The topological polar surface area (TPSA) is 66.4 Å². The lowest BCUT2D eigenvalue weighted by atomic mass is 9.79. The van der Waals surface area contributed by atoms with Crippen LogP contribution in [0, 0.1) is 11.8 Å². The number of nitrogens with one attached hydrogen (secondary N) is 1. The van der Waals surface area contributed by atoms with Crippen molar-refractivity contribution >= 4 is 23.6 Å². The first-order valence-corrected chi connectivity index (χ1v) is 8.31. The van der Waals surface area contributed by atoms with Crippen LogP contribution in [-0.4, -0.2) is 35.0 Å². The zero-order valence-electron chi connectivity index (χ0n) is 11.7. The average molecular weight is 287 g/mol. The van der Waals surface area contributed by atoms with Crippen LogP contribution in [0.25, 0.3) is 0 Å². The Morgan fingerprint density at radius 1 is 1.32 bits per heavy atom. The van der Waals surface area contributed by atoms with Crippen molar-refractivity contribution < 1.29 is 14.7 Å². The van der Waals surface area contributed by atoms with Gasteiger partial charge in [0.05, 0.1) is 5.75 Å². The quantitative estimate of drug-likeness (QED) is 0.673. The molecule has 0 bridgehead atoms. The molecule has 1 rings (SSSR count). The Bertz CT molecular complexity index is 290. The molecule has 0 spiro atoms. The molecule has 1 amide bonds. The fourth-order valence-electron chi connectivity index (χ4n) is 2.66. The summed E-state index contributed by atoms with van der Waals surface area (Å²) in [7, 11) is 0. The third kappa shape index (κ3) is 7.45. The minimum Gasteiger partial charge on any atom is -0.481 e. The minimum absolute atomic E-state index is 0.106. The van der Waals surface area contributed by atoms with Crippen molar-refractivity contribution in [2.24, 2.45) is 11.8 Å². The SMILES string of the molecule is CC(CC(=O)NCCSCC(=O)O)C1CCCCC1. The fourth-order valence-corrected chi connectivity index (χ4v) is 3.22. The van der Waals surface area contributed by atoms with Gasteiger partial charge >= 0.3 is 5.97 Å². The number of hydrogen-bond donors (Lipinski definition) is 2. The number of thioether (sulfide) groups is 1. The van der Waals surface area contributed by atoms with Gasteiger partial charge in [0.25, 0.3) is 0 Å². The van der Waals surface area contributed by atoms with E-state index in [-0.39, 0.29) is 11.7 Å². The predicted molar refractivity (Wildman–Crippen MR) is 78.3 cm³/mol. The summed E-state index contributed by atoms with van der Waals surface area (Å²) in [6.07, 6.45) is 7.10. The van der Waals surface area contributed by atoms with Gasteiger partial charge in [-0.3, -0.25) is 9.59 Å². The second-order valence-electron chi connectivity index (χ2n) is 5.38. The van der Waals surface area contributed by atoms with E-state index in [9.17, 15) is 9.59 Å². The maximum absolute atomic E-state index is 11.8. The second-order valence-corrected chi connectivity index (χ2v) is 6.48. The Balaban J connectivity index is 2.07. The Morgan fingerprint density at radius 3 is 2.63 bits per heavy atom. The zero-order valence-corrected chi connectivity index (χ0v) is 12.5. The normalized spacial score (nSPS) is 17.9. The molecule has 4 nitrogen and oxygen atoms in total. The van der Waals surface area contributed by atoms with Crippen molar-refractivity contribution in [1.29, 1.82) is 0 Å². The maximum Gasteiger partial charge on any atom is 0.313 e. The molecule has 19 heavy (non-hydrogen) atoms. The zero-order chi connectivity index (χ0) is 14.1. The van der Waals surface area contributed by atoms with Crippen molar-refractivity contribution in [3.05, 3.63) is 0 Å². The van der Waals surface area contributed by atoms with Gasteiger partial charge in [-0.25, -0.2) is 0 Å². The molecule has 1 fully saturated rings. The molecule has 0 aromatic carbocycles. The molecule has 0 aliphatic heterocycles. The van der Waals surface area contributed by atoms with Crippen LogP contribution >= 0.6 is 11.8 Å². The molecule has 1 atom stereocenters. The molecule has 0 aromatic rings. The summed E-state index contributed by atoms with van der Waals surface area (Å²) in [5, 5.41) is 11.4. The molecule has 0 heterocycles. The average Bonchev–Trinajstić information content (AvgIpc) is 2.39. The lowest BCUT2D eigenvalue weighted by molar-refractivity contribution is -0.133. The third-order valence-electron chi connectivity index (χ3n) is 3.76. The van der Waals surface area contributed by atoms with Crippen LogP contribution in [0.15, 0.2) is 0 Å². The van der Waals surface area contributed by atoms with Gasteiger partial charge in [0.15, 0.2) is 0 Å². The summed E-state index contributed by atoms with van der Waals surface area (Å²) in [4.78, 5) is 22.1. The Hall–Kier alpha value is -0.710. The van der Waals surface area contributed by atoms with Gasteiger partial charge in [-0.15, -0.1) is 11.8 Å². The number of aliphatic carboxylic acids is 1. The van der Waals surface area contributed by atoms with Gasteiger partial charge in [-0.2, -0.15) is 0 Å². The molecule has 1 aliphatic carbocycles. The number of amides is 1. The molecule has 1 unspecified atom stereocenters. The monoisotopic (exact) mass is 287 g/mol. The van der Waals surface area contributed by atoms with Crippen molar-refractivity contribution in [2.45, 2.75) is 45.4 Å². The predicted octanol–water partition coefficient (Wildman–Crippen LogP) is 2.53. The Morgan fingerprint density at radius 2 is 2.00 bits per heavy atom. The third-order valence-corrected chi connectivity index (χ3v) is 4.70. The number of carbonyl (C=O) groups excluding carboxylic acids is 1. The first-order valence-electron chi connectivity index (χ1n) is 7.16. The Labute approximate surface area is 119 Å². The summed E-state index contributed by atoms with van der Waals surface area (Å²) in [5.41, 5.74) is 0.